The van der Waals surface area contributed by atoms with Crippen LogP contribution in [-0.2, 0) is 0 Å². The summed E-state index contributed by atoms with van der Waals surface area (Å²) in [4.78, 5) is 23.8. The molecule has 27 heavy (non-hydrogen) atoms. The molecule has 0 bridgehead atoms. The Morgan fingerprint density at radius 2 is 1.26 bits per heavy atom. The van der Waals surface area contributed by atoms with Crippen molar-refractivity contribution in [1.82, 2.24) is 0 Å². The van der Waals surface area contributed by atoms with E-state index >= 15 is 0 Å². The van der Waals surface area contributed by atoms with Crippen LogP contribution in [0.25, 0.3) is 0 Å². The molecule has 0 unspecified atom stereocenters. The third-order valence-corrected chi connectivity index (χ3v) is 6.61. The van der Waals surface area contributed by atoms with E-state index in [9.17, 15) is 9.59 Å². The van der Waals surface area contributed by atoms with Gasteiger partial charge in [0.2, 0.25) is 11.8 Å². The molecule has 0 radical (unpaired) electrons. The van der Waals surface area contributed by atoms with Gasteiger partial charge < -0.3 is 22.9 Å². The van der Waals surface area contributed by atoms with Crippen molar-refractivity contribution in [3.8, 4) is 0 Å². The molecule has 148 valence electrons. The maximum absolute atomic E-state index is 12.2. The lowest BCUT2D eigenvalue weighted by molar-refractivity contribution is 0.0996. The third kappa shape index (κ3) is 4.50. The Hall–Kier alpha value is -1.92. The van der Waals surface area contributed by atoms with Crippen LogP contribution in [0.3, 0.4) is 0 Å². The predicted octanol–water partition coefficient (Wildman–Crippen LogP) is 2.00. The highest BCUT2D eigenvalue weighted by Gasteiger charge is 2.36. The number of rotatable bonds is 5. The van der Waals surface area contributed by atoms with E-state index in [1.165, 1.54) is 0 Å². The number of benzene rings is 1. The van der Waals surface area contributed by atoms with E-state index in [4.69, 9.17) is 22.9 Å². The van der Waals surface area contributed by atoms with Crippen LogP contribution < -0.4 is 22.9 Å². The Balaban J connectivity index is 1.99. The lowest BCUT2D eigenvalue weighted by atomic mass is 9.65. The van der Waals surface area contributed by atoms with Gasteiger partial charge in [-0.1, -0.05) is 6.07 Å². The molecule has 6 nitrogen and oxygen atoms in total. The number of amides is 2. The summed E-state index contributed by atoms with van der Waals surface area (Å²) in [5.74, 6) is 0.142. The highest BCUT2D eigenvalue weighted by molar-refractivity contribution is 5.99. The van der Waals surface area contributed by atoms with Crippen LogP contribution in [0.5, 0.6) is 0 Å². The van der Waals surface area contributed by atoms with E-state index in [1.54, 1.807) is 12.1 Å². The average molecular weight is 373 g/mol. The molecular formula is C21H32N4O2. The van der Waals surface area contributed by atoms with Crippen LogP contribution in [0.2, 0.25) is 0 Å². The van der Waals surface area contributed by atoms with Gasteiger partial charge >= 0.3 is 0 Å². The molecular weight excluding hydrogens is 340 g/mol. The molecule has 6 heteroatoms. The second kappa shape index (κ2) is 8.40. The van der Waals surface area contributed by atoms with Crippen molar-refractivity contribution < 1.29 is 9.59 Å². The molecule has 0 aromatic heterocycles. The Kier molecular flexibility index (Phi) is 6.17. The lowest BCUT2D eigenvalue weighted by Crippen LogP contribution is -2.35. The summed E-state index contributed by atoms with van der Waals surface area (Å²) >= 11 is 0. The van der Waals surface area contributed by atoms with Gasteiger partial charge in [-0.2, -0.15) is 0 Å². The molecule has 0 spiro atoms. The zero-order valence-corrected chi connectivity index (χ0v) is 15.9. The summed E-state index contributed by atoms with van der Waals surface area (Å²) in [6.45, 7) is 0. The maximum atomic E-state index is 12.2. The van der Waals surface area contributed by atoms with Gasteiger partial charge in [0, 0.05) is 23.2 Å². The number of carbonyl (C=O) groups is 2. The molecule has 2 saturated carbocycles. The van der Waals surface area contributed by atoms with Gasteiger partial charge in [0.05, 0.1) is 0 Å². The lowest BCUT2D eigenvalue weighted by Gasteiger charge is -2.41. The first-order valence-corrected chi connectivity index (χ1v) is 10.1. The van der Waals surface area contributed by atoms with Crippen molar-refractivity contribution in [1.29, 1.82) is 0 Å². The summed E-state index contributed by atoms with van der Waals surface area (Å²) in [5.41, 5.74) is 25.1. The van der Waals surface area contributed by atoms with Crippen LogP contribution in [0, 0.1) is 11.8 Å². The minimum Gasteiger partial charge on any atom is -0.366 e. The number of hydrogen-bond acceptors (Lipinski definition) is 4. The largest absolute Gasteiger partial charge is 0.366 e. The summed E-state index contributed by atoms with van der Waals surface area (Å²) in [5, 5.41) is 0. The second-order valence-corrected chi connectivity index (χ2v) is 8.41. The fraction of sp³-hybridized carbons (Fsp3) is 0.619. The van der Waals surface area contributed by atoms with E-state index < -0.39 is 11.8 Å². The van der Waals surface area contributed by atoms with Crippen LogP contribution >= 0.6 is 0 Å². The summed E-state index contributed by atoms with van der Waals surface area (Å²) in [6, 6.07) is 5.73. The van der Waals surface area contributed by atoms with Crippen LogP contribution in [0.15, 0.2) is 18.2 Å². The van der Waals surface area contributed by atoms with Crippen molar-refractivity contribution in [2.24, 2.45) is 34.8 Å². The average Bonchev–Trinajstić information content (AvgIpc) is 2.65. The topological polar surface area (TPSA) is 138 Å². The fourth-order valence-corrected chi connectivity index (χ4v) is 5.11. The van der Waals surface area contributed by atoms with Gasteiger partial charge in [0.1, 0.15) is 0 Å². The maximum Gasteiger partial charge on any atom is 0.249 e. The highest BCUT2D eigenvalue weighted by atomic mass is 16.1. The van der Waals surface area contributed by atoms with Gasteiger partial charge in [-0.3, -0.25) is 9.59 Å². The van der Waals surface area contributed by atoms with Gasteiger partial charge in [-0.05, 0) is 86.8 Å². The summed E-state index contributed by atoms with van der Waals surface area (Å²) in [7, 11) is 0. The molecule has 8 N–H and O–H groups in total. The van der Waals surface area contributed by atoms with Gasteiger partial charge in [0.25, 0.3) is 0 Å². The number of carbonyl (C=O) groups excluding carboxylic acids is 2. The molecule has 2 aliphatic rings. The van der Waals surface area contributed by atoms with Gasteiger partial charge in [0.15, 0.2) is 0 Å². The second-order valence-electron chi connectivity index (χ2n) is 8.41. The normalized spacial score (nSPS) is 29.9. The summed E-state index contributed by atoms with van der Waals surface area (Å²) in [6.07, 6.45) is 8.29. The van der Waals surface area contributed by atoms with E-state index in [2.05, 4.69) is 0 Å². The Labute approximate surface area is 161 Å². The first kappa shape index (κ1) is 19.8. The van der Waals surface area contributed by atoms with E-state index in [-0.39, 0.29) is 18.0 Å². The monoisotopic (exact) mass is 372 g/mol. The molecule has 2 aliphatic carbocycles. The van der Waals surface area contributed by atoms with Crippen molar-refractivity contribution >= 4 is 11.8 Å². The number of hydrogen-bond donors (Lipinski definition) is 4. The molecule has 1 aromatic rings. The zero-order valence-electron chi connectivity index (χ0n) is 15.9. The molecule has 2 fully saturated rings. The van der Waals surface area contributed by atoms with Crippen LogP contribution in [-0.4, -0.2) is 23.9 Å². The zero-order chi connectivity index (χ0) is 19.6. The van der Waals surface area contributed by atoms with E-state index in [1.807, 2.05) is 6.07 Å². The molecule has 1 aromatic carbocycles. The first-order valence-electron chi connectivity index (χ1n) is 10.1. The van der Waals surface area contributed by atoms with Gasteiger partial charge in [-0.25, -0.2) is 0 Å². The summed E-state index contributed by atoms with van der Waals surface area (Å²) < 4.78 is 0. The fourth-order valence-electron chi connectivity index (χ4n) is 5.11. The SMILES string of the molecule is NC(=O)c1ccc(C(C2CCC(N)CC2)C2CCC(N)CC2)c(C(N)=O)c1. The Bertz CT molecular complexity index is 667. The molecule has 3 rings (SSSR count). The predicted molar refractivity (Wildman–Crippen MR) is 106 cm³/mol. The molecule has 0 saturated heterocycles. The van der Waals surface area contributed by atoms with Crippen LogP contribution in [0.1, 0.15) is 83.6 Å². The molecule has 0 atom stereocenters. The quantitative estimate of drug-likeness (QED) is 0.628. The smallest absolute Gasteiger partial charge is 0.249 e. The van der Waals surface area contributed by atoms with Crippen molar-refractivity contribution in [3.63, 3.8) is 0 Å². The standard InChI is InChI=1S/C21H32N4O2/c22-15-6-1-12(2-7-15)19(13-3-8-16(23)9-4-13)17-10-5-14(20(24)26)11-18(17)21(25)27/h5,10-13,15-16,19H,1-4,6-9,22-23H2,(H2,24,26)(H2,25,27). The molecule has 0 aliphatic heterocycles. The van der Waals surface area contributed by atoms with Crippen molar-refractivity contribution in [2.45, 2.75) is 69.4 Å². The highest BCUT2D eigenvalue weighted by Crippen LogP contribution is 2.46. The van der Waals surface area contributed by atoms with E-state index in [0.717, 1.165) is 56.9 Å². The first-order chi connectivity index (χ1) is 12.9. The number of primary amides is 2. The van der Waals surface area contributed by atoms with Crippen molar-refractivity contribution in [3.05, 3.63) is 34.9 Å². The van der Waals surface area contributed by atoms with Crippen LogP contribution in [0.4, 0.5) is 0 Å². The van der Waals surface area contributed by atoms with Gasteiger partial charge in [-0.15, -0.1) is 0 Å². The Morgan fingerprint density at radius 3 is 1.67 bits per heavy atom. The third-order valence-electron chi connectivity index (χ3n) is 6.61. The number of nitrogens with two attached hydrogens (primary N) is 4. The van der Waals surface area contributed by atoms with E-state index in [0.29, 0.717) is 23.0 Å². The minimum atomic E-state index is -0.548. The van der Waals surface area contributed by atoms with Crippen molar-refractivity contribution in [2.75, 3.05) is 0 Å². The minimum absolute atomic E-state index is 0.245. The Morgan fingerprint density at radius 1 is 0.778 bits per heavy atom. The molecule has 0 heterocycles. The molecule has 2 amide bonds.